The highest BCUT2D eigenvalue weighted by Crippen LogP contribution is 2.22. The Morgan fingerprint density at radius 3 is 2.35 bits per heavy atom. The van der Waals surface area contributed by atoms with Crippen molar-refractivity contribution in [1.82, 2.24) is 0 Å². The van der Waals surface area contributed by atoms with Crippen molar-refractivity contribution in [3.8, 4) is 0 Å². The van der Waals surface area contributed by atoms with Crippen molar-refractivity contribution in [2.45, 2.75) is 27.7 Å². The first-order valence-electron chi connectivity index (χ1n) is 6.14. The molecule has 0 radical (unpaired) electrons. The number of carbonyl (C=O) groups is 2. The molecule has 1 aromatic carbocycles. The van der Waals surface area contributed by atoms with Crippen LogP contribution < -0.4 is 5.32 Å². The normalized spacial score (nSPS) is 12.2. The van der Waals surface area contributed by atoms with Gasteiger partial charge in [0.1, 0.15) is 5.70 Å². The maximum Gasteiger partial charge on any atom is 0.352 e. The number of halogens is 1. The lowest BCUT2D eigenvalue weighted by Crippen LogP contribution is -2.21. The first kappa shape index (κ1) is 16.2. The van der Waals surface area contributed by atoms with Gasteiger partial charge in [-0.3, -0.25) is 4.79 Å². The number of hydrogen-bond acceptors (Lipinski definition) is 3. The smallest absolute Gasteiger partial charge is 0.352 e. The predicted molar refractivity (Wildman–Crippen MR) is 80.0 cm³/mol. The van der Waals surface area contributed by atoms with Gasteiger partial charge in [-0.1, -0.05) is 32.4 Å². The number of benzene rings is 1. The number of rotatable bonds is 4. The monoisotopic (exact) mass is 295 g/mol. The fraction of sp³-hybridized carbons (Fsp3) is 0.333. The second-order valence-electron chi connectivity index (χ2n) is 5.56. The van der Waals surface area contributed by atoms with Crippen molar-refractivity contribution < 1.29 is 14.7 Å². The SMILES string of the molecule is Cc1cc(Cl)ccc1N/C(=C\C(=O)C(C)(C)C)C(=O)O. The Morgan fingerprint density at radius 2 is 1.90 bits per heavy atom. The number of allylic oxidation sites excluding steroid dienone is 1. The van der Waals surface area contributed by atoms with Crippen LogP contribution in [0.2, 0.25) is 5.02 Å². The van der Waals surface area contributed by atoms with Crippen molar-refractivity contribution in [2.24, 2.45) is 5.41 Å². The van der Waals surface area contributed by atoms with Crippen LogP contribution in [0.4, 0.5) is 5.69 Å². The van der Waals surface area contributed by atoms with Gasteiger partial charge >= 0.3 is 5.97 Å². The zero-order valence-corrected chi connectivity index (χ0v) is 12.7. The van der Waals surface area contributed by atoms with E-state index in [2.05, 4.69) is 5.32 Å². The van der Waals surface area contributed by atoms with Gasteiger partial charge in [0.05, 0.1) is 0 Å². The largest absolute Gasteiger partial charge is 0.477 e. The third-order valence-electron chi connectivity index (χ3n) is 2.70. The minimum atomic E-state index is -1.18. The average molecular weight is 296 g/mol. The summed E-state index contributed by atoms with van der Waals surface area (Å²) in [5.74, 6) is -1.44. The minimum absolute atomic E-state index is 0.157. The van der Waals surface area contributed by atoms with E-state index in [1.54, 1.807) is 45.9 Å². The summed E-state index contributed by atoms with van der Waals surface area (Å²) in [7, 11) is 0. The van der Waals surface area contributed by atoms with E-state index in [-0.39, 0.29) is 11.5 Å². The quantitative estimate of drug-likeness (QED) is 0.832. The van der Waals surface area contributed by atoms with E-state index >= 15 is 0 Å². The van der Waals surface area contributed by atoms with Gasteiger partial charge in [0.25, 0.3) is 0 Å². The van der Waals surface area contributed by atoms with Crippen LogP contribution in [-0.2, 0) is 9.59 Å². The lowest BCUT2D eigenvalue weighted by Gasteiger charge is -2.15. The van der Waals surface area contributed by atoms with Crippen molar-refractivity contribution in [2.75, 3.05) is 5.32 Å². The maximum atomic E-state index is 11.9. The number of ketones is 1. The van der Waals surface area contributed by atoms with Gasteiger partial charge in [-0.2, -0.15) is 0 Å². The van der Waals surface area contributed by atoms with Crippen LogP contribution >= 0.6 is 11.6 Å². The van der Waals surface area contributed by atoms with E-state index < -0.39 is 11.4 Å². The Labute approximate surface area is 123 Å². The molecule has 0 aromatic heterocycles. The standard InChI is InChI=1S/C15H18ClNO3/c1-9-7-10(16)5-6-11(9)17-12(14(19)20)8-13(18)15(2,3)4/h5-8,17H,1-4H3,(H,19,20)/b12-8-. The molecule has 0 unspecified atom stereocenters. The van der Waals surface area contributed by atoms with E-state index in [0.717, 1.165) is 11.6 Å². The number of aryl methyl sites for hydroxylation is 1. The van der Waals surface area contributed by atoms with Crippen molar-refractivity contribution in [3.05, 3.63) is 40.6 Å². The number of hydrogen-bond donors (Lipinski definition) is 2. The Morgan fingerprint density at radius 1 is 1.30 bits per heavy atom. The first-order valence-corrected chi connectivity index (χ1v) is 6.51. The van der Waals surface area contributed by atoms with E-state index in [4.69, 9.17) is 11.6 Å². The molecule has 0 aliphatic rings. The Kier molecular flexibility index (Phi) is 4.95. The Bertz CT molecular complexity index is 571. The molecule has 4 nitrogen and oxygen atoms in total. The molecule has 1 rings (SSSR count). The maximum absolute atomic E-state index is 11.9. The molecule has 108 valence electrons. The summed E-state index contributed by atoms with van der Waals surface area (Å²) in [6, 6.07) is 5.05. The fourth-order valence-electron chi connectivity index (χ4n) is 1.41. The number of nitrogens with one attached hydrogen (secondary N) is 1. The summed E-state index contributed by atoms with van der Waals surface area (Å²) in [6.07, 6.45) is 1.12. The molecule has 0 amide bonds. The summed E-state index contributed by atoms with van der Waals surface area (Å²) in [5.41, 5.74) is 0.616. The topological polar surface area (TPSA) is 66.4 Å². The Hall–Kier alpha value is -1.81. The summed E-state index contributed by atoms with van der Waals surface area (Å²) in [5, 5.41) is 12.5. The molecular weight excluding hydrogens is 278 g/mol. The van der Waals surface area contributed by atoms with Gasteiger partial charge in [0, 0.05) is 22.2 Å². The van der Waals surface area contributed by atoms with Crippen molar-refractivity contribution in [3.63, 3.8) is 0 Å². The van der Waals surface area contributed by atoms with E-state index in [9.17, 15) is 14.7 Å². The van der Waals surface area contributed by atoms with Crippen molar-refractivity contribution >= 4 is 29.0 Å². The van der Waals surface area contributed by atoms with Crippen LogP contribution in [0, 0.1) is 12.3 Å². The van der Waals surface area contributed by atoms with Gasteiger partial charge in [0.2, 0.25) is 0 Å². The highest BCUT2D eigenvalue weighted by atomic mass is 35.5. The van der Waals surface area contributed by atoms with Crippen LogP contribution in [0.1, 0.15) is 26.3 Å². The molecule has 1 aromatic rings. The number of aliphatic carboxylic acids is 1. The molecule has 2 N–H and O–H groups in total. The second kappa shape index (κ2) is 6.09. The molecule has 0 saturated heterocycles. The van der Waals surface area contributed by atoms with Crippen LogP contribution in [0.3, 0.4) is 0 Å². The van der Waals surface area contributed by atoms with Gasteiger partial charge < -0.3 is 10.4 Å². The molecule has 0 aliphatic carbocycles. The molecule has 0 saturated carbocycles. The summed E-state index contributed by atoms with van der Waals surface area (Å²) < 4.78 is 0. The van der Waals surface area contributed by atoms with Crippen LogP contribution in [0.25, 0.3) is 0 Å². The second-order valence-corrected chi connectivity index (χ2v) is 6.00. The van der Waals surface area contributed by atoms with Crippen molar-refractivity contribution in [1.29, 1.82) is 0 Å². The highest BCUT2D eigenvalue weighted by molar-refractivity contribution is 6.30. The summed E-state index contributed by atoms with van der Waals surface area (Å²) >= 11 is 5.85. The zero-order chi connectivity index (χ0) is 15.5. The third-order valence-corrected chi connectivity index (χ3v) is 2.94. The van der Waals surface area contributed by atoms with E-state index in [1.807, 2.05) is 0 Å². The molecule has 0 spiro atoms. The molecule has 0 atom stereocenters. The molecule has 0 aliphatic heterocycles. The molecule has 20 heavy (non-hydrogen) atoms. The zero-order valence-electron chi connectivity index (χ0n) is 12.0. The Balaban J connectivity index is 3.08. The first-order chi connectivity index (χ1) is 9.11. The number of anilines is 1. The summed E-state index contributed by atoms with van der Waals surface area (Å²) in [4.78, 5) is 23.1. The molecule has 0 heterocycles. The number of carbonyl (C=O) groups excluding carboxylic acids is 1. The van der Waals surface area contributed by atoms with Crippen LogP contribution in [0.15, 0.2) is 30.0 Å². The third kappa shape index (κ3) is 4.38. The van der Waals surface area contributed by atoms with Gasteiger partial charge in [-0.05, 0) is 30.7 Å². The van der Waals surface area contributed by atoms with E-state index in [0.29, 0.717) is 10.7 Å². The van der Waals surface area contributed by atoms with Gasteiger partial charge in [0.15, 0.2) is 5.78 Å². The number of carboxylic acids is 1. The molecule has 5 heteroatoms. The lowest BCUT2D eigenvalue weighted by atomic mass is 9.90. The minimum Gasteiger partial charge on any atom is -0.477 e. The fourth-order valence-corrected chi connectivity index (χ4v) is 1.64. The molecule has 0 bridgehead atoms. The molecule has 0 fully saturated rings. The highest BCUT2D eigenvalue weighted by Gasteiger charge is 2.21. The lowest BCUT2D eigenvalue weighted by molar-refractivity contribution is -0.133. The predicted octanol–water partition coefficient (Wildman–Crippen LogP) is 3.64. The van der Waals surface area contributed by atoms with Gasteiger partial charge in [-0.15, -0.1) is 0 Å². The van der Waals surface area contributed by atoms with Crippen LogP contribution in [-0.4, -0.2) is 16.9 Å². The van der Waals surface area contributed by atoms with Gasteiger partial charge in [-0.25, -0.2) is 4.79 Å². The number of carboxylic acid groups (broad SMARTS) is 1. The average Bonchev–Trinajstić information content (AvgIpc) is 2.29. The van der Waals surface area contributed by atoms with E-state index in [1.165, 1.54) is 0 Å². The summed E-state index contributed by atoms with van der Waals surface area (Å²) in [6.45, 7) is 7.01. The van der Waals surface area contributed by atoms with Crippen LogP contribution in [0.5, 0.6) is 0 Å². The molecular formula is C15H18ClNO3.